The van der Waals surface area contributed by atoms with Gasteiger partial charge >= 0.3 is 0 Å². The Labute approximate surface area is 89.2 Å². The van der Waals surface area contributed by atoms with E-state index in [-0.39, 0.29) is 5.69 Å². The molecule has 1 aromatic rings. The number of anilines is 1. The molecular formula is C10H8BrF2N. The largest absolute Gasteiger partial charge is 0.359 e. The molecule has 1 heterocycles. The molecule has 0 amide bonds. The van der Waals surface area contributed by atoms with Gasteiger partial charge in [0.15, 0.2) is 11.6 Å². The van der Waals surface area contributed by atoms with E-state index in [1.807, 2.05) is 12.2 Å². The molecule has 1 nitrogen and oxygen atoms in total. The Balaban J connectivity index is 2.41. The van der Waals surface area contributed by atoms with Gasteiger partial charge in [-0.25, -0.2) is 8.78 Å². The zero-order valence-corrected chi connectivity index (χ0v) is 8.89. The summed E-state index contributed by atoms with van der Waals surface area (Å²) < 4.78 is 27.3. The smallest absolute Gasteiger partial charge is 0.150 e. The van der Waals surface area contributed by atoms with Crippen molar-refractivity contribution in [2.75, 3.05) is 18.0 Å². The van der Waals surface area contributed by atoms with Gasteiger partial charge in [0, 0.05) is 17.6 Å². The van der Waals surface area contributed by atoms with Crippen LogP contribution in [0, 0.1) is 11.6 Å². The molecule has 0 saturated heterocycles. The first-order valence-corrected chi connectivity index (χ1v) is 5.02. The van der Waals surface area contributed by atoms with Crippen molar-refractivity contribution in [2.24, 2.45) is 0 Å². The fourth-order valence-electron chi connectivity index (χ4n) is 1.50. The monoisotopic (exact) mass is 259 g/mol. The Hall–Kier alpha value is -0.900. The summed E-state index contributed by atoms with van der Waals surface area (Å²) in [6.07, 6.45) is 3.78. The van der Waals surface area contributed by atoms with Crippen molar-refractivity contribution in [2.45, 2.75) is 0 Å². The minimum absolute atomic E-state index is 0.0539. The number of hydrogen-bond donors (Lipinski definition) is 0. The van der Waals surface area contributed by atoms with Gasteiger partial charge in [-0.05, 0) is 12.1 Å². The second-order valence-electron chi connectivity index (χ2n) is 3.09. The molecule has 0 N–H and O–H groups in total. The second kappa shape index (κ2) is 3.69. The minimum atomic E-state index is -0.527. The lowest BCUT2D eigenvalue weighted by atomic mass is 10.2. The molecule has 0 spiro atoms. The van der Waals surface area contributed by atoms with Crippen molar-refractivity contribution < 1.29 is 8.78 Å². The predicted molar refractivity (Wildman–Crippen MR) is 55.4 cm³/mol. The molecule has 4 heteroatoms. The highest BCUT2D eigenvalue weighted by Crippen LogP contribution is 2.28. The van der Waals surface area contributed by atoms with Crippen molar-refractivity contribution in [3.05, 3.63) is 40.4 Å². The maximum absolute atomic E-state index is 13.4. The molecule has 14 heavy (non-hydrogen) atoms. The Morgan fingerprint density at radius 2 is 1.57 bits per heavy atom. The van der Waals surface area contributed by atoms with Gasteiger partial charge in [0.2, 0.25) is 0 Å². The van der Waals surface area contributed by atoms with Crippen molar-refractivity contribution in [1.82, 2.24) is 0 Å². The van der Waals surface area contributed by atoms with E-state index in [2.05, 4.69) is 15.9 Å². The number of halogens is 3. The number of hydrogen-bond acceptors (Lipinski definition) is 1. The van der Waals surface area contributed by atoms with Crippen LogP contribution in [0.1, 0.15) is 0 Å². The van der Waals surface area contributed by atoms with Gasteiger partial charge in [0.1, 0.15) is 5.69 Å². The normalized spacial score (nSPS) is 15.2. The zero-order valence-electron chi connectivity index (χ0n) is 7.30. The van der Waals surface area contributed by atoms with Crippen LogP contribution in [0.2, 0.25) is 0 Å². The highest BCUT2D eigenvalue weighted by Gasteiger charge is 2.17. The zero-order chi connectivity index (χ0) is 10.1. The quantitative estimate of drug-likeness (QED) is 0.701. The fraction of sp³-hybridized carbons (Fsp3) is 0.200. The summed E-state index contributed by atoms with van der Waals surface area (Å²) >= 11 is 3.04. The van der Waals surface area contributed by atoms with Crippen LogP contribution in [0.4, 0.5) is 14.5 Å². The van der Waals surface area contributed by atoms with E-state index < -0.39 is 11.6 Å². The first kappa shape index (κ1) is 9.65. The molecule has 0 unspecified atom stereocenters. The average Bonchev–Trinajstić information content (AvgIpc) is 2.54. The van der Waals surface area contributed by atoms with Crippen LogP contribution in [0.25, 0.3) is 0 Å². The molecular weight excluding hydrogens is 252 g/mol. The lowest BCUT2D eigenvalue weighted by Gasteiger charge is -2.19. The van der Waals surface area contributed by atoms with Crippen LogP contribution in [-0.2, 0) is 0 Å². The molecule has 74 valence electrons. The third kappa shape index (κ3) is 1.66. The lowest BCUT2D eigenvalue weighted by Crippen LogP contribution is -2.21. The third-order valence-corrected chi connectivity index (χ3v) is 2.57. The van der Waals surface area contributed by atoms with Gasteiger partial charge in [0.05, 0.1) is 0 Å². The fourth-order valence-corrected chi connectivity index (χ4v) is 1.90. The molecule has 1 aliphatic rings. The van der Waals surface area contributed by atoms with Gasteiger partial charge in [-0.1, -0.05) is 28.1 Å². The molecule has 0 atom stereocenters. The Bertz CT molecular complexity index is 359. The topological polar surface area (TPSA) is 3.24 Å². The van der Waals surface area contributed by atoms with Crippen LogP contribution >= 0.6 is 15.9 Å². The Morgan fingerprint density at radius 1 is 1.07 bits per heavy atom. The Morgan fingerprint density at radius 3 is 2.07 bits per heavy atom. The van der Waals surface area contributed by atoms with Gasteiger partial charge in [-0.2, -0.15) is 0 Å². The van der Waals surface area contributed by atoms with Crippen molar-refractivity contribution in [1.29, 1.82) is 0 Å². The highest BCUT2D eigenvalue weighted by molar-refractivity contribution is 9.10. The Kier molecular flexibility index (Phi) is 2.54. The molecule has 0 aromatic heterocycles. The van der Waals surface area contributed by atoms with E-state index in [4.69, 9.17) is 0 Å². The summed E-state index contributed by atoms with van der Waals surface area (Å²) in [5.74, 6) is -1.05. The van der Waals surface area contributed by atoms with E-state index in [1.54, 1.807) is 4.90 Å². The van der Waals surface area contributed by atoms with Crippen molar-refractivity contribution in [3.63, 3.8) is 0 Å². The third-order valence-electron chi connectivity index (χ3n) is 2.12. The summed E-state index contributed by atoms with van der Waals surface area (Å²) in [6, 6.07) is 2.55. The number of rotatable bonds is 1. The van der Waals surface area contributed by atoms with Crippen LogP contribution < -0.4 is 4.90 Å². The highest BCUT2D eigenvalue weighted by atomic mass is 79.9. The summed E-state index contributed by atoms with van der Waals surface area (Å²) in [4.78, 5) is 1.65. The molecule has 0 saturated carbocycles. The second-order valence-corrected chi connectivity index (χ2v) is 4.01. The standard InChI is InChI=1S/C10H8BrF2N/c11-7-5-8(12)10(9(13)6-7)14-3-1-2-4-14/h1-2,5-6H,3-4H2. The predicted octanol–water partition coefficient (Wildman–Crippen LogP) is 3.10. The maximum atomic E-state index is 13.4. The molecule has 1 aromatic carbocycles. The summed E-state index contributed by atoms with van der Waals surface area (Å²) in [7, 11) is 0. The SMILES string of the molecule is Fc1cc(Br)cc(F)c1N1CC=CC1. The lowest BCUT2D eigenvalue weighted by molar-refractivity contribution is 0.577. The first-order valence-electron chi connectivity index (χ1n) is 4.23. The summed E-state index contributed by atoms with van der Waals surface area (Å²) in [5.41, 5.74) is 0.0539. The molecule has 0 bridgehead atoms. The molecule has 0 radical (unpaired) electrons. The van der Waals surface area contributed by atoms with E-state index in [0.29, 0.717) is 17.6 Å². The van der Waals surface area contributed by atoms with Crippen LogP contribution in [0.3, 0.4) is 0 Å². The van der Waals surface area contributed by atoms with E-state index in [1.165, 1.54) is 12.1 Å². The van der Waals surface area contributed by atoms with Gasteiger partial charge in [-0.3, -0.25) is 0 Å². The van der Waals surface area contributed by atoms with E-state index in [9.17, 15) is 8.78 Å². The molecule has 0 fully saturated rings. The average molecular weight is 260 g/mol. The molecule has 2 rings (SSSR count). The summed E-state index contributed by atoms with van der Waals surface area (Å²) in [5, 5.41) is 0. The van der Waals surface area contributed by atoms with Crippen molar-refractivity contribution >= 4 is 21.6 Å². The van der Waals surface area contributed by atoms with Gasteiger partial charge in [-0.15, -0.1) is 0 Å². The van der Waals surface area contributed by atoms with Crippen LogP contribution in [0.5, 0.6) is 0 Å². The van der Waals surface area contributed by atoms with E-state index in [0.717, 1.165) is 0 Å². The van der Waals surface area contributed by atoms with Crippen molar-refractivity contribution in [3.8, 4) is 0 Å². The van der Waals surface area contributed by atoms with Gasteiger partial charge in [0.25, 0.3) is 0 Å². The minimum Gasteiger partial charge on any atom is -0.359 e. The van der Waals surface area contributed by atoms with Crippen LogP contribution in [-0.4, -0.2) is 13.1 Å². The summed E-state index contributed by atoms with van der Waals surface area (Å²) in [6.45, 7) is 1.13. The molecule has 0 aliphatic carbocycles. The number of nitrogens with zero attached hydrogens (tertiary/aromatic N) is 1. The number of benzene rings is 1. The maximum Gasteiger partial charge on any atom is 0.150 e. The van der Waals surface area contributed by atoms with E-state index >= 15 is 0 Å². The first-order chi connectivity index (χ1) is 6.68. The molecule has 1 aliphatic heterocycles. The van der Waals surface area contributed by atoms with Crippen LogP contribution in [0.15, 0.2) is 28.8 Å². The van der Waals surface area contributed by atoms with Gasteiger partial charge < -0.3 is 4.90 Å².